The molecule has 1 fully saturated rings. The van der Waals surface area contributed by atoms with Crippen molar-refractivity contribution in [3.63, 3.8) is 0 Å². The zero-order chi connectivity index (χ0) is 9.10. The predicted octanol–water partition coefficient (Wildman–Crippen LogP) is 1.79. The van der Waals surface area contributed by atoms with E-state index < -0.39 is 0 Å². The van der Waals surface area contributed by atoms with Crippen molar-refractivity contribution in [2.75, 3.05) is 0 Å². The Morgan fingerprint density at radius 3 is 3.08 bits per heavy atom. The van der Waals surface area contributed by atoms with Gasteiger partial charge in [0.05, 0.1) is 6.07 Å². The van der Waals surface area contributed by atoms with Crippen molar-refractivity contribution in [1.29, 1.82) is 5.26 Å². The number of aryl methyl sites for hydroxylation is 1. The van der Waals surface area contributed by atoms with E-state index >= 15 is 0 Å². The van der Waals surface area contributed by atoms with Crippen LogP contribution in [-0.2, 0) is 6.42 Å². The normalized spacial score (nSPS) is 15.6. The number of unbranched alkanes of at least 4 members (excludes halogenated alkanes) is 1. The summed E-state index contributed by atoms with van der Waals surface area (Å²) in [5.41, 5.74) is 0. The van der Waals surface area contributed by atoms with Gasteiger partial charge in [-0.05, 0) is 19.3 Å². The van der Waals surface area contributed by atoms with E-state index in [2.05, 4.69) is 16.2 Å². The summed E-state index contributed by atoms with van der Waals surface area (Å²) in [5.74, 6) is 2.08. The largest absolute Gasteiger partial charge is 0.339 e. The fourth-order valence-electron chi connectivity index (χ4n) is 1.20. The van der Waals surface area contributed by atoms with Crippen LogP contribution in [0.3, 0.4) is 0 Å². The third-order valence-electron chi connectivity index (χ3n) is 2.11. The van der Waals surface area contributed by atoms with Crippen LogP contribution in [0.2, 0.25) is 0 Å². The first-order chi connectivity index (χ1) is 6.40. The van der Waals surface area contributed by atoms with Crippen LogP contribution in [0, 0.1) is 11.3 Å². The molecule has 0 aromatic carbocycles. The first-order valence-electron chi connectivity index (χ1n) is 4.59. The van der Waals surface area contributed by atoms with Gasteiger partial charge in [0.15, 0.2) is 5.82 Å². The molecular weight excluding hydrogens is 166 g/mol. The van der Waals surface area contributed by atoms with Gasteiger partial charge in [-0.3, -0.25) is 0 Å². The van der Waals surface area contributed by atoms with Gasteiger partial charge in [-0.15, -0.1) is 0 Å². The molecule has 1 saturated carbocycles. The smallest absolute Gasteiger partial charge is 0.226 e. The van der Waals surface area contributed by atoms with Crippen LogP contribution in [-0.4, -0.2) is 10.1 Å². The van der Waals surface area contributed by atoms with Gasteiger partial charge in [0, 0.05) is 18.8 Å². The Labute approximate surface area is 76.6 Å². The molecular formula is C9H11N3O. The van der Waals surface area contributed by atoms with Crippen LogP contribution in [0.5, 0.6) is 0 Å². The molecule has 4 nitrogen and oxygen atoms in total. The standard InChI is InChI=1S/C9H11N3O/c10-6-2-1-3-8-11-9(12-13-8)7-4-5-7/h7H,1-5H2. The molecule has 0 radical (unpaired) electrons. The number of nitrogens with zero attached hydrogens (tertiary/aromatic N) is 3. The van der Waals surface area contributed by atoms with E-state index in [0.717, 1.165) is 18.7 Å². The second-order valence-corrected chi connectivity index (χ2v) is 3.33. The van der Waals surface area contributed by atoms with Crippen molar-refractivity contribution in [3.05, 3.63) is 11.7 Å². The van der Waals surface area contributed by atoms with Crippen molar-refractivity contribution >= 4 is 0 Å². The molecule has 1 aromatic heterocycles. The van der Waals surface area contributed by atoms with Crippen LogP contribution in [0.15, 0.2) is 4.52 Å². The van der Waals surface area contributed by atoms with Gasteiger partial charge in [-0.25, -0.2) is 0 Å². The molecule has 0 spiro atoms. The van der Waals surface area contributed by atoms with Gasteiger partial charge < -0.3 is 4.52 Å². The summed E-state index contributed by atoms with van der Waals surface area (Å²) in [4.78, 5) is 4.26. The van der Waals surface area contributed by atoms with E-state index in [1.54, 1.807) is 0 Å². The lowest BCUT2D eigenvalue weighted by Crippen LogP contribution is -1.86. The van der Waals surface area contributed by atoms with Gasteiger partial charge in [0.25, 0.3) is 0 Å². The van der Waals surface area contributed by atoms with E-state index in [0.29, 0.717) is 18.2 Å². The maximum absolute atomic E-state index is 8.33. The Balaban J connectivity index is 1.86. The maximum Gasteiger partial charge on any atom is 0.226 e. The monoisotopic (exact) mass is 177 g/mol. The quantitative estimate of drug-likeness (QED) is 0.658. The molecule has 13 heavy (non-hydrogen) atoms. The summed E-state index contributed by atoms with van der Waals surface area (Å²) in [6, 6.07) is 2.09. The number of rotatable bonds is 4. The molecule has 1 aliphatic carbocycles. The van der Waals surface area contributed by atoms with E-state index in [9.17, 15) is 0 Å². The minimum atomic E-state index is 0.550. The topological polar surface area (TPSA) is 62.7 Å². The fourth-order valence-corrected chi connectivity index (χ4v) is 1.20. The van der Waals surface area contributed by atoms with E-state index in [4.69, 9.17) is 9.78 Å². The Morgan fingerprint density at radius 1 is 1.54 bits per heavy atom. The SMILES string of the molecule is N#CCCCc1nc(C2CC2)no1. The van der Waals surface area contributed by atoms with Gasteiger partial charge in [0.2, 0.25) is 5.89 Å². The molecule has 0 amide bonds. The predicted molar refractivity (Wildman–Crippen MR) is 44.8 cm³/mol. The summed E-state index contributed by atoms with van der Waals surface area (Å²) in [5, 5.41) is 12.2. The number of hydrogen-bond acceptors (Lipinski definition) is 4. The van der Waals surface area contributed by atoms with Crippen molar-refractivity contribution < 1.29 is 4.52 Å². The molecule has 2 rings (SSSR count). The van der Waals surface area contributed by atoms with Crippen molar-refractivity contribution in [2.24, 2.45) is 0 Å². The molecule has 0 aliphatic heterocycles. The summed E-state index contributed by atoms with van der Waals surface area (Å²) >= 11 is 0. The Bertz CT molecular complexity index is 322. The van der Waals surface area contributed by atoms with E-state index in [1.807, 2.05) is 0 Å². The summed E-state index contributed by atoms with van der Waals surface area (Å²) in [6.45, 7) is 0. The average molecular weight is 177 g/mol. The van der Waals surface area contributed by atoms with Crippen molar-refractivity contribution in [1.82, 2.24) is 10.1 Å². The Kier molecular flexibility index (Phi) is 2.26. The zero-order valence-electron chi connectivity index (χ0n) is 7.36. The molecule has 0 N–H and O–H groups in total. The second kappa shape index (κ2) is 3.56. The van der Waals surface area contributed by atoms with Crippen LogP contribution < -0.4 is 0 Å². The summed E-state index contributed by atoms with van der Waals surface area (Å²) in [7, 11) is 0. The van der Waals surface area contributed by atoms with E-state index in [-0.39, 0.29) is 0 Å². The first-order valence-corrected chi connectivity index (χ1v) is 4.59. The average Bonchev–Trinajstić information content (AvgIpc) is 2.88. The van der Waals surface area contributed by atoms with Crippen molar-refractivity contribution in [2.45, 2.75) is 38.0 Å². The molecule has 1 aromatic rings. The highest BCUT2D eigenvalue weighted by Gasteiger charge is 2.28. The third kappa shape index (κ3) is 2.05. The van der Waals surface area contributed by atoms with Crippen molar-refractivity contribution in [3.8, 4) is 6.07 Å². The maximum atomic E-state index is 8.33. The van der Waals surface area contributed by atoms with Gasteiger partial charge in [0.1, 0.15) is 0 Å². The van der Waals surface area contributed by atoms with E-state index in [1.165, 1.54) is 12.8 Å². The number of hydrogen-bond donors (Lipinski definition) is 0. The lowest BCUT2D eigenvalue weighted by atomic mass is 10.2. The van der Waals surface area contributed by atoms with Gasteiger partial charge in [-0.1, -0.05) is 5.16 Å². The molecule has 0 unspecified atom stereocenters. The van der Waals surface area contributed by atoms with Crippen LogP contribution in [0.1, 0.15) is 43.3 Å². The molecule has 0 saturated heterocycles. The highest BCUT2D eigenvalue weighted by molar-refractivity contribution is 5.03. The molecule has 0 bridgehead atoms. The zero-order valence-corrected chi connectivity index (χ0v) is 7.36. The molecule has 68 valence electrons. The Hall–Kier alpha value is -1.37. The first kappa shape index (κ1) is 8.24. The summed E-state index contributed by atoms with van der Waals surface area (Å²) in [6.07, 6.45) is 4.48. The van der Waals surface area contributed by atoms with Gasteiger partial charge >= 0.3 is 0 Å². The van der Waals surface area contributed by atoms with Crippen LogP contribution in [0.4, 0.5) is 0 Å². The third-order valence-corrected chi connectivity index (χ3v) is 2.11. The lowest BCUT2D eigenvalue weighted by molar-refractivity contribution is 0.371. The minimum Gasteiger partial charge on any atom is -0.339 e. The van der Waals surface area contributed by atoms with Gasteiger partial charge in [-0.2, -0.15) is 10.2 Å². The van der Waals surface area contributed by atoms with Crippen LogP contribution >= 0.6 is 0 Å². The van der Waals surface area contributed by atoms with Crippen LogP contribution in [0.25, 0.3) is 0 Å². The second-order valence-electron chi connectivity index (χ2n) is 3.33. The molecule has 1 aliphatic rings. The molecule has 4 heteroatoms. The molecule has 0 atom stereocenters. The number of nitriles is 1. The fraction of sp³-hybridized carbons (Fsp3) is 0.667. The summed E-state index contributed by atoms with van der Waals surface area (Å²) < 4.78 is 5.04. The highest BCUT2D eigenvalue weighted by Crippen LogP contribution is 2.38. The highest BCUT2D eigenvalue weighted by atomic mass is 16.5. The minimum absolute atomic E-state index is 0.550. The number of aromatic nitrogens is 2. The lowest BCUT2D eigenvalue weighted by Gasteiger charge is -1.86. The Morgan fingerprint density at radius 2 is 2.38 bits per heavy atom. The molecule has 1 heterocycles.